The minimum atomic E-state index is -4.86. The molecule has 2 aromatic rings. The number of pyridine rings is 1. The van der Waals surface area contributed by atoms with Gasteiger partial charge in [0, 0.05) is 56.4 Å². The Bertz CT molecular complexity index is 1210. The summed E-state index contributed by atoms with van der Waals surface area (Å²) >= 11 is 6.59. The molecule has 14 heteroatoms. The Morgan fingerprint density at radius 3 is 2.38 bits per heavy atom. The molecular weight excluding hydrogens is 607 g/mol. The average Bonchev–Trinajstić information content (AvgIpc) is 3.07. The molecule has 1 unspecified atom stereocenters. The van der Waals surface area contributed by atoms with E-state index in [0.29, 0.717) is 24.5 Å². The van der Waals surface area contributed by atoms with E-state index >= 15 is 0 Å². The van der Waals surface area contributed by atoms with E-state index in [-0.39, 0.29) is 40.5 Å². The molecule has 1 aromatic carbocycles. The van der Waals surface area contributed by atoms with Crippen molar-refractivity contribution >= 4 is 63.7 Å². The van der Waals surface area contributed by atoms with Gasteiger partial charge in [-0.05, 0) is 12.1 Å². The van der Waals surface area contributed by atoms with Crippen molar-refractivity contribution in [1.29, 1.82) is 0 Å². The molecule has 1 atom stereocenters. The number of nitrogens with zero attached hydrogens (tertiary/aromatic N) is 5. The largest absolute Gasteiger partial charge is 0.418 e. The lowest BCUT2D eigenvalue weighted by molar-refractivity contribution is -0.385. The second-order valence-corrected chi connectivity index (χ2v) is 11.4. The number of alkyl halides is 5. The van der Waals surface area contributed by atoms with E-state index in [9.17, 15) is 27.5 Å². The Hall–Kier alpha value is -1.90. The van der Waals surface area contributed by atoms with Gasteiger partial charge < -0.3 is 9.80 Å². The molecule has 0 N–H and O–H groups in total. The van der Waals surface area contributed by atoms with Crippen LogP contribution in [0.2, 0.25) is 0 Å². The number of non-ortho nitro benzene ring substituents is 1. The van der Waals surface area contributed by atoms with Crippen LogP contribution in [-0.4, -0.2) is 66.8 Å². The fourth-order valence-electron chi connectivity index (χ4n) is 4.28. The molecule has 0 bridgehead atoms. The summed E-state index contributed by atoms with van der Waals surface area (Å²) in [4.78, 5) is 18.5. The van der Waals surface area contributed by atoms with Crippen molar-refractivity contribution in [3.8, 4) is 0 Å². The number of nitro benzene ring substituents is 1. The second-order valence-electron chi connectivity index (χ2n) is 7.59. The highest BCUT2D eigenvalue weighted by molar-refractivity contribution is 9.09. The van der Waals surface area contributed by atoms with Crippen molar-refractivity contribution in [3.63, 3.8) is 0 Å². The number of hydrogen-bond donors (Lipinski definition) is 0. The van der Waals surface area contributed by atoms with Crippen LogP contribution < -0.4 is 9.80 Å². The van der Waals surface area contributed by atoms with Gasteiger partial charge in [0.05, 0.1) is 36.1 Å². The summed E-state index contributed by atoms with van der Waals surface area (Å²) in [7, 11) is -3.36. The minimum absolute atomic E-state index is 0.0546. The lowest BCUT2D eigenvalue weighted by Gasteiger charge is -2.37. The van der Waals surface area contributed by atoms with Crippen molar-refractivity contribution in [2.24, 2.45) is 0 Å². The first-order chi connectivity index (χ1) is 16.1. The summed E-state index contributed by atoms with van der Waals surface area (Å²) in [6.07, 6.45) is -3.19. The Labute approximate surface area is 211 Å². The van der Waals surface area contributed by atoms with Crippen LogP contribution in [0.5, 0.6) is 0 Å². The maximum absolute atomic E-state index is 14.7. The Balaban J connectivity index is 1.85. The van der Waals surface area contributed by atoms with Crippen LogP contribution in [0, 0.1) is 10.1 Å². The van der Waals surface area contributed by atoms with Gasteiger partial charge in [0.1, 0.15) is 10.8 Å². The fraction of sp³-hybridized carbons (Fsp3) is 0.400. The first-order valence-corrected chi connectivity index (χ1v) is 14.0. The van der Waals surface area contributed by atoms with Crippen LogP contribution in [0.15, 0.2) is 41.4 Å². The molecule has 1 fully saturated rings. The van der Waals surface area contributed by atoms with Gasteiger partial charge >= 0.3 is 6.18 Å². The van der Waals surface area contributed by atoms with E-state index in [2.05, 4.69) is 36.8 Å². The molecule has 4 rings (SSSR count). The van der Waals surface area contributed by atoms with Crippen molar-refractivity contribution in [1.82, 2.24) is 9.29 Å². The number of anilines is 2. The Morgan fingerprint density at radius 2 is 1.85 bits per heavy atom. The number of halogens is 5. The van der Waals surface area contributed by atoms with Crippen LogP contribution in [0.25, 0.3) is 0 Å². The normalized spacial score (nSPS) is 21.1. The third-order valence-corrected chi connectivity index (χ3v) is 10.0. The van der Waals surface area contributed by atoms with E-state index in [1.807, 2.05) is 17.0 Å². The molecule has 0 saturated carbocycles. The zero-order valence-corrected chi connectivity index (χ0v) is 21.7. The number of benzene rings is 1. The van der Waals surface area contributed by atoms with Gasteiger partial charge in [-0.1, -0.05) is 37.9 Å². The highest BCUT2D eigenvalue weighted by Gasteiger charge is 2.46. The van der Waals surface area contributed by atoms with Crippen molar-refractivity contribution in [3.05, 3.63) is 52.2 Å². The number of fused-ring (bicyclic) bond motifs is 1. The molecule has 2 aliphatic heterocycles. The molecule has 34 heavy (non-hydrogen) atoms. The molecule has 3 heterocycles. The van der Waals surface area contributed by atoms with Crippen LogP contribution in [0.1, 0.15) is 5.56 Å². The predicted octanol–water partition coefficient (Wildman–Crippen LogP) is 4.13. The number of rotatable bonds is 6. The molecule has 0 aliphatic carbocycles. The van der Waals surface area contributed by atoms with E-state index in [1.165, 1.54) is 4.90 Å². The molecule has 1 saturated heterocycles. The minimum Gasteiger partial charge on any atom is -0.354 e. The number of hydrogen-bond acceptors (Lipinski definition) is 6. The maximum Gasteiger partial charge on any atom is 0.418 e. The van der Waals surface area contributed by atoms with Gasteiger partial charge in [-0.15, -0.1) is 0 Å². The lowest BCUT2D eigenvalue weighted by atomic mass is 10.1. The van der Waals surface area contributed by atoms with Gasteiger partial charge in [-0.3, -0.25) is 10.1 Å². The predicted molar refractivity (Wildman–Crippen MR) is 132 cm³/mol. The van der Waals surface area contributed by atoms with Gasteiger partial charge in [0.2, 0.25) is 0 Å². The molecular formula is C20H20Br2F3N5O3S. The molecule has 0 spiro atoms. The molecule has 2 aliphatic rings. The van der Waals surface area contributed by atoms with Crippen LogP contribution in [0.4, 0.5) is 30.4 Å². The second kappa shape index (κ2) is 9.63. The average molecular weight is 627 g/mol. The topological polar surface area (TPSA) is 82.8 Å². The summed E-state index contributed by atoms with van der Waals surface area (Å²) in [6.45, 7) is 1.62. The van der Waals surface area contributed by atoms with Gasteiger partial charge in [0.25, 0.3) is 5.69 Å². The van der Waals surface area contributed by atoms with Gasteiger partial charge in [0.15, 0.2) is 0 Å². The highest BCUT2D eigenvalue weighted by Crippen LogP contribution is 2.47. The number of piperazine rings is 1. The van der Waals surface area contributed by atoms with Crippen molar-refractivity contribution in [2.75, 3.05) is 53.2 Å². The van der Waals surface area contributed by atoms with E-state index in [1.54, 1.807) is 16.6 Å². The van der Waals surface area contributed by atoms with Gasteiger partial charge in [-0.2, -0.15) is 13.2 Å². The summed E-state index contributed by atoms with van der Waals surface area (Å²) in [5.74, 6) is 0.754. The van der Waals surface area contributed by atoms with E-state index in [4.69, 9.17) is 0 Å². The Morgan fingerprint density at radius 1 is 1.15 bits per heavy atom. The summed E-state index contributed by atoms with van der Waals surface area (Å²) < 4.78 is 58.5. The summed E-state index contributed by atoms with van der Waals surface area (Å²) in [5, 5.41) is 11.9. The fourth-order valence-corrected chi connectivity index (χ4v) is 8.76. The summed E-state index contributed by atoms with van der Waals surface area (Å²) in [5.41, 5.74) is -2.17. The number of nitro groups is 1. The van der Waals surface area contributed by atoms with Crippen molar-refractivity contribution < 1.29 is 22.3 Å². The standard InChI is InChI=1S/C20H20Br2F3N5O3S/c21-4-6-29-18(13-22)34(33,28-9-7-27(8-10-28)17-3-1-2-5-26-17)16-12-14(30(31)32)11-15(19(16)29)20(23,24)25/h1-3,5,11-12H,4,6-10,13H2. The number of aromatic nitrogens is 1. The third kappa shape index (κ3) is 4.29. The molecule has 184 valence electrons. The highest BCUT2D eigenvalue weighted by atomic mass is 79.9. The van der Waals surface area contributed by atoms with Crippen LogP contribution in [0.3, 0.4) is 0 Å². The smallest absolute Gasteiger partial charge is 0.354 e. The SMILES string of the molecule is O=[N+]([O-])c1cc(C(F)(F)F)c2c(c1)S(=O)(N1CCN(c3ccccn3)CC1)=C(CBr)N2CCBr. The summed E-state index contributed by atoms with van der Waals surface area (Å²) in [6, 6.07) is 7.07. The molecule has 8 nitrogen and oxygen atoms in total. The molecule has 0 radical (unpaired) electrons. The van der Waals surface area contributed by atoms with Crippen molar-refractivity contribution in [2.45, 2.75) is 11.1 Å². The maximum atomic E-state index is 14.7. The van der Waals surface area contributed by atoms with E-state index in [0.717, 1.165) is 11.9 Å². The lowest BCUT2D eigenvalue weighted by Crippen LogP contribution is -2.50. The van der Waals surface area contributed by atoms with Crippen LogP contribution >= 0.6 is 31.9 Å². The molecule has 1 aromatic heterocycles. The van der Waals surface area contributed by atoms with E-state index < -0.39 is 32.1 Å². The van der Waals surface area contributed by atoms with Gasteiger partial charge in [-0.25, -0.2) is 13.5 Å². The zero-order chi connectivity index (χ0) is 24.7. The monoisotopic (exact) mass is 625 g/mol. The zero-order valence-electron chi connectivity index (χ0n) is 17.7. The molecule has 0 amide bonds. The quantitative estimate of drug-likeness (QED) is 0.208. The Kier molecular flexibility index (Phi) is 7.14. The first kappa shape index (κ1) is 25.2. The van der Waals surface area contributed by atoms with Crippen LogP contribution in [-0.2, 0) is 15.9 Å². The third-order valence-electron chi connectivity index (χ3n) is 5.76. The first-order valence-electron chi connectivity index (χ1n) is 10.2.